The van der Waals surface area contributed by atoms with Crippen LogP contribution < -0.4 is 10.9 Å². The molecule has 1 saturated carbocycles. The van der Waals surface area contributed by atoms with Crippen LogP contribution in [-0.2, 0) is 23.1 Å². The molecule has 1 aliphatic carbocycles. The van der Waals surface area contributed by atoms with E-state index >= 15 is 0 Å². The number of rotatable bonds is 3. The van der Waals surface area contributed by atoms with E-state index in [0.717, 1.165) is 17.5 Å². The molecule has 0 saturated heterocycles. The van der Waals surface area contributed by atoms with Crippen molar-refractivity contribution in [1.82, 2.24) is 20.4 Å². The van der Waals surface area contributed by atoms with Gasteiger partial charge in [-0.05, 0) is 24.5 Å². The first-order valence-corrected chi connectivity index (χ1v) is 7.05. The first kappa shape index (κ1) is 13.6. The predicted molar refractivity (Wildman–Crippen MR) is 78.0 cm³/mol. The Morgan fingerprint density at radius 2 is 2.05 bits per heavy atom. The van der Waals surface area contributed by atoms with Gasteiger partial charge < -0.3 is 4.57 Å². The lowest BCUT2D eigenvalue weighted by Gasteiger charge is -2.07. The number of amides is 2. The first-order valence-electron chi connectivity index (χ1n) is 7.05. The molecule has 1 aliphatic rings. The third-order valence-corrected chi connectivity index (χ3v) is 3.97. The van der Waals surface area contributed by atoms with E-state index in [1.54, 1.807) is 0 Å². The highest BCUT2D eigenvalue weighted by Crippen LogP contribution is 2.37. The smallest absolute Gasteiger partial charge is 0.245 e. The number of carbonyl (C=O) groups excluding carboxylic acids is 2. The summed E-state index contributed by atoms with van der Waals surface area (Å²) < 4.78 is 1.89. The maximum atomic E-state index is 11.9. The normalized spacial score (nSPS) is 20.3. The summed E-state index contributed by atoms with van der Waals surface area (Å²) in [7, 11) is 1.88. The van der Waals surface area contributed by atoms with Crippen LogP contribution in [0, 0.1) is 11.8 Å². The second-order valence-corrected chi connectivity index (χ2v) is 5.61. The molecule has 0 radical (unpaired) electrons. The molecule has 2 atom stereocenters. The van der Waals surface area contributed by atoms with Gasteiger partial charge in [-0.1, -0.05) is 19.1 Å². The second-order valence-electron chi connectivity index (χ2n) is 5.61. The van der Waals surface area contributed by atoms with Crippen molar-refractivity contribution in [1.29, 1.82) is 0 Å². The molecule has 21 heavy (non-hydrogen) atoms. The number of imidazole rings is 1. The summed E-state index contributed by atoms with van der Waals surface area (Å²) in [5.74, 6) is 0.751. The Labute approximate surface area is 122 Å². The van der Waals surface area contributed by atoms with Gasteiger partial charge in [0.05, 0.1) is 17.5 Å². The summed E-state index contributed by atoms with van der Waals surface area (Å²) in [5.41, 5.74) is 6.77. The zero-order valence-electron chi connectivity index (χ0n) is 12.1. The van der Waals surface area contributed by atoms with Gasteiger partial charge in [-0.15, -0.1) is 0 Å². The number of carbonyl (C=O) groups is 2. The third kappa shape index (κ3) is 2.74. The molecule has 1 aromatic heterocycles. The van der Waals surface area contributed by atoms with Crippen molar-refractivity contribution in [2.45, 2.75) is 19.8 Å². The molecular formula is C15H18N4O2. The molecule has 0 aliphatic heterocycles. The Balaban J connectivity index is 1.61. The van der Waals surface area contributed by atoms with Crippen molar-refractivity contribution in [3.05, 3.63) is 30.1 Å². The van der Waals surface area contributed by atoms with Crippen LogP contribution in [0.4, 0.5) is 0 Å². The Bertz CT molecular complexity index is 707. The lowest BCUT2D eigenvalue weighted by Crippen LogP contribution is -2.43. The molecule has 2 N–H and O–H groups in total. The molecule has 2 amide bonds. The number of para-hydroxylation sites is 2. The van der Waals surface area contributed by atoms with Gasteiger partial charge in [-0.2, -0.15) is 0 Å². The Kier molecular flexibility index (Phi) is 3.37. The second kappa shape index (κ2) is 5.20. The predicted octanol–water partition coefficient (Wildman–Crippen LogP) is 0.919. The fourth-order valence-corrected chi connectivity index (χ4v) is 2.45. The van der Waals surface area contributed by atoms with Gasteiger partial charge in [0.1, 0.15) is 5.82 Å². The molecule has 110 valence electrons. The third-order valence-electron chi connectivity index (χ3n) is 3.97. The molecule has 3 rings (SSSR count). The summed E-state index contributed by atoms with van der Waals surface area (Å²) in [4.78, 5) is 28.0. The minimum atomic E-state index is -0.268. The molecule has 0 unspecified atom stereocenters. The van der Waals surface area contributed by atoms with E-state index in [1.807, 2.05) is 42.8 Å². The van der Waals surface area contributed by atoms with E-state index < -0.39 is 0 Å². The summed E-state index contributed by atoms with van der Waals surface area (Å²) in [5, 5.41) is 0. The molecule has 1 fully saturated rings. The van der Waals surface area contributed by atoms with Crippen LogP contribution in [0.25, 0.3) is 11.0 Å². The van der Waals surface area contributed by atoms with Crippen molar-refractivity contribution in [3.8, 4) is 0 Å². The Morgan fingerprint density at radius 3 is 2.71 bits per heavy atom. The van der Waals surface area contributed by atoms with Crippen LogP contribution in [0.3, 0.4) is 0 Å². The maximum absolute atomic E-state index is 11.9. The molecule has 1 aromatic carbocycles. The van der Waals surface area contributed by atoms with Gasteiger partial charge in [0.2, 0.25) is 11.8 Å². The van der Waals surface area contributed by atoms with E-state index in [1.165, 1.54) is 0 Å². The van der Waals surface area contributed by atoms with Crippen molar-refractivity contribution < 1.29 is 9.59 Å². The molecule has 0 bridgehead atoms. The van der Waals surface area contributed by atoms with Crippen molar-refractivity contribution >= 4 is 22.8 Å². The highest BCUT2D eigenvalue weighted by atomic mass is 16.2. The van der Waals surface area contributed by atoms with Gasteiger partial charge in [0.15, 0.2) is 0 Å². The topological polar surface area (TPSA) is 76.0 Å². The Hall–Kier alpha value is -2.37. The minimum absolute atomic E-state index is 0.0426. The van der Waals surface area contributed by atoms with Gasteiger partial charge in [0.25, 0.3) is 0 Å². The van der Waals surface area contributed by atoms with Crippen molar-refractivity contribution in [3.63, 3.8) is 0 Å². The summed E-state index contributed by atoms with van der Waals surface area (Å²) in [6.07, 6.45) is 1.03. The summed E-state index contributed by atoms with van der Waals surface area (Å²) >= 11 is 0. The molecule has 6 heteroatoms. The van der Waals surface area contributed by atoms with E-state index in [-0.39, 0.29) is 24.2 Å². The van der Waals surface area contributed by atoms with E-state index in [2.05, 4.69) is 15.8 Å². The number of fused-ring (bicyclic) bond motifs is 1. The van der Waals surface area contributed by atoms with E-state index in [4.69, 9.17) is 0 Å². The number of nitrogens with one attached hydrogen (secondary N) is 2. The van der Waals surface area contributed by atoms with Crippen molar-refractivity contribution in [2.24, 2.45) is 18.9 Å². The van der Waals surface area contributed by atoms with Crippen LogP contribution in [0.2, 0.25) is 0 Å². The van der Waals surface area contributed by atoms with Crippen LogP contribution in [0.1, 0.15) is 19.2 Å². The number of hydrazine groups is 1. The van der Waals surface area contributed by atoms with Gasteiger partial charge >= 0.3 is 0 Å². The monoisotopic (exact) mass is 286 g/mol. The summed E-state index contributed by atoms with van der Waals surface area (Å²) in [6, 6.07) is 7.72. The molecule has 2 aromatic rings. The Morgan fingerprint density at radius 1 is 1.33 bits per heavy atom. The summed E-state index contributed by atoms with van der Waals surface area (Å²) in [6.45, 7) is 2.02. The van der Waals surface area contributed by atoms with Crippen LogP contribution in [-0.4, -0.2) is 21.4 Å². The van der Waals surface area contributed by atoms with E-state index in [9.17, 15) is 9.59 Å². The number of aromatic nitrogens is 2. The lowest BCUT2D eigenvalue weighted by atomic mass is 10.3. The molecule has 1 heterocycles. The molecule has 0 spiro atoms. The number of aryl methyl sites for hydroxylation is 1. The zero-order valence-corrected chi connectivity index (χ0v) is 12.1. The first-order chi connectivity index (χ1) is 10.1. The average molecular weight is 286 g/mol. The maximum Gasteiger partial charge on any atom is 0.245 e. The highest BCUT2D eigenvalue weighted by Gasteiger charge is 2.39. The quantitative estimate of drug-likeness (QED) is 0.824. The fourth-order valence-electron chi connectivity index (χ4n) is 2.45. The minimum Gasteiger partial charge on any atom is -0.331 e. The highest BCUT2D eigenvalue weighted by molar-refractivity contribution is 5.86. The van der Waals surface area contributed by atoms with Crippen LogP contribution in [0.5, 0.6) is 0 Å². The zero-order chi connectivity index (χ0) is 15.0. The number of hydrogen-bond acceptors (Lipinski definition) is 3. The molecule has 6 nitrogen and oxygen atoms in total. The van der Waals surface area contributed by atoms with Crippen LogP contribution in [0.15, 0.2) is 24.3 Å². The fraction of sp³-hybridized carbons (Fsp3) is 0.400. The average Bonchev–Trinajstić information content (AvgIpc) is 3.13. The number of nitrogens with zero attached hydrogens (tertiary/aromatic N) is 2. The number of benzene rings is 1. The standard InChI is InChI=1S/C15H18N4O2/c1-9-7-10(9)15(21)18-17-14(20)8-13-16-11-5-3-4-6-12(11)19(13)2/h3-6,9-10H,7-8H2,1-2H3,(H,17,20)(H,18,21)/t9-,10+/m1/s1. The van der Waals surface area contributed by atoms with Gasteiger partial charge in [-0.3, -0.25) is 20.4 Å². The van der Waals surface area contributed by atoms with Gasteiger partial charge in [0, 0.05) is 13.0 Å². The van der Waals surface area contributed by atoms with Crippen LogP contribution >= 0.6 is 0 Å². The lowest BCUT2D eigenvalue weighted by molar-refractivity contribution is -0.129. The van der Waals surface area contributed by atoms with E-state index in [0.29, 0.717) is 11.7 Å². The van der Waals surface area contributed by atoms with Crippen molar-refractivity contribution in [2.75, 3.05) is 0 Å². The largest absolute Gasteiger partial charge is 0.331 e. The molecular weight excluding hydrogens is 268 g/mol. The SMILES string of the molecule is C[C@@H]1C[C@@H]1C(=O)NNC(=O)Cc1nc2ccccc2n1C. The van der Waals surface area contributed by atoms with Gasteiger partial charge in [-0.25, -0.2) is 4.98 Å². The number of hydrogen-bond donors (Lipinski definition) is 2.